The molecule has 0 fully saturated rings. The molecule has 9 heteroatoms. The average molecular weight is 391 g/mol. The third-order valence-corrected chi connectivity index (χ3v) is 4.12. The molecule has 0 N–H and O–H groups in total. The Bertz CT molecular complexity index is 1040. The lowest BCUT2D eigenvalue weighted by molar-refractivity contribution is 0.0599. The number of nitrogens with zero attached hydrogens (tertiary/aromatic N) is 5. The molecule has 3 rings (SSSR count). The molecule has 146 valence electrons. The Hall–Kier alpha value is -4.06. The maximum atomic E-state index is 12.6. The minimum absolute atomic E-state index is 0.0877. The van der Waals surface area contributed by atoms with Crippen molar-refractivity contribution < 1.29 is 19.0 Å². The molecule has 9 nitrogen and oxygen atoms in total. The Kier molecular flexibility index (Phi) is 5.94. The molecule has 0 amide bonds. The van der Waals surface area contributed by atoms with Gasteiger partial charge in [0.05, 0.1) is 44.7 Å². The van der Waals surface area contributed by atoms with Crippen LogP contribution in [0.4, 0.5) is 0 Å². The number of esters is 1. The smallest absolute Gasteiger partial charge is 0.340 e. The highest BCUT2D eigenvalue weighted by Gasteiger charge is 2.29. The molecule has 0 spiro atoms. The zero-order chi connectivity index (χ0) is 20.8. The van der Waals surface area contributed by atoms with Gasteiger partial charge in [0.2, 0.25) is 11.8 Å². The molecule has 0 radical (unpaired) electrons. The average Bonchev–Trinajstić information content (AvgIpc) is 2.79. The number of hydrogen-bond acceptors (Lipinski definition) is 9. The number of nitriles is 1. The maximum absolute atomic E-state index is 12.6. The van der Waals surface area contributed by atoms with Crippen molar-refractivity contribution in [3.63, 3.8) is 0 Å². The van der Waals surface area contributed by atoms with Gasteiger partial charge in [0, 0.05) is 29.7 Å². The Labute approximate surface area is 167 Å². The third-order valence-electron chi connectivity index (χ3n) is 4.12. The topological polar surface area (TPSA) is 120 Å². The Balaban J connectivity index is 2.24. The summed E-state index contributed by atoms with van der Waals surface area (Å²) < 4.78 is 15.3. The molecule has 3 aromatic heterocycles. The number of aromatic nitrogens is 4. The van der Waals surface area contributed by atoms with Gasteiger partial charge in [-0.1, -0.05) is 6.07 Å². The van der Waals surface area contributed by atoms with Gasteiger partial charge in [0.1, 0.15) is 5.92 Å². The highest BCUT2D eigenvalue weighted by Crippen LogP contribution is 2.32. The molecule has 0 bridgehead atoms. The van der Waals surface area contributed by atoms with E-state index in [0.717, 1.165) is 0 Å². The largest absolute Gasteiger partial charge is 0.481 e. The van der Waals surface area contributed by atoms with Crippen LogP contribution in [0.2, 0.25) is 0 Å². The Morgan fingerprint density at radius 1 is 1.10 bits per heavy atom. The van der Waals surface area contributed by atoms with Gasteiger partial charge in [-0.15, -0.1) is 0 Å². The number of rotatable bonds is 6. The van der Waals surface area contributed by atoms with Gasteiger partial charge in [-0.3, -0.25) is 9.97 Å². The van der Waals surface area contributed by atoms with Gasteiger partial charge in [-0.05, 0) is 12.1 Å². The fourth-order valence-corrected chi connectivity index (χ4v) is 2.78. The third kappa shape index (κ3) is 3.96. The van der Waals surface area contributed by atoms with E-state index in [1.54, 1.807) is 30.6 Å². The van der Waals surface area contributed by atoms with Gasteiger partial charge in [-0.25, -0.2) is 4.79 Å². The summed E-state index contributed by atoms with van der Waals surface area (Å²) in [7, 11) is 4.14. The van der Waals surface area contributed by atoms with Crippen LogP contribution in [-0.4, -0.2) is 47.2 Å². The van der Waals surface area contributed by atoms with Gasteiger partial charge in [0.15, 0.2) is 5.82 Å². The Morgan fingerprint density at radius 2 is 1.83 bits per heavy atom. The highest BCUT2D eigenvalue weighted by molar-refractivity contribution is 5.98. The summed E-state index contributed by atoms with van der Waals surface area (Å²) in [6.07, 6.45) is 4.74. The van der Waals surface area contributed by atoms with Gasteiger partial charge in [-0.2, -0.15) is 15.2 Å². The number of methoxy groups -OCH3 is 3. The van der Waals surface area contributed by atoms with E-state index in [2.05, 4.69) is 26.0 Å². The second kappa shape index (κ2) is 8.75. The van der Waals surface area contributed by atoms with Crippen LogP contribution in [0, 0.1) is 11.3 Å². The molecular formula is C20H17N5O4. The minimum Gasteiger partial charge on any atom is -0.481 e. The van der Waals surface area contributed by atoms with Crippen LogP contribution in [-0.2, 0) is 4.74 Å². The SMILES string of the molecule is COC(=O)c1c(-c2cccnc2)ccnc1C(C#N)c1nc(OC)cc(OC)n1. The zero-order valence-corrected chi connectivity index (χ0v) is 16.0. The van der Waals surface area contributed by atoms with Crippen LogP contribution >= 0.6 is 0 Å². The quantitative estimate of drug-likeness (QED) is 0.583. The molecule has 1 atom stereocenters. The van der Waals surface area contributed by atoms with Crippen LogP contribution in [0.1, 0.15) is 27.8 Å². The number of ether oxygens (including phenoxy) is 3. The van der Waals surface area contributed by atoms with E-state index in [0.29, 0.717) is 11.1 Å². The predicted molar refractivity (Wildman–Crippen MR) is 101 cm³/mol. The standard InChI is InChI=1S/C20H17N5O4/c1-27-15-9-16(28-2)25-19(24-15)14(10-21)18-17(20(26)29-3)13(6-8-23-18)12-5-4-7-22-11-12/h4-9,11,14H,1-3H3. The molecular weight excluding hydrogens is 374 g/mol. The van der Waals surface area contributed by atoms with E-state index in [1.165, 1.54) is 33.6 Å². The lowest BCUT2D eigenvalue weighted by Crippen LogP contribution is -2.15. The normalized spacial score (nSPS) is 11.2. The molecule has 0 saturated heterocycles. The molecule has 29 heavy (non-hydrogen) atoms. The van der Waals surface area contributed by atoms with E-state index in [1.807, 2.05) is 0 Å². The molecule has 0 saturated carbocycles. The maximum Gasteiger partial charge on any atom is 0.340 e. The Morgan fingerprint density at radius 3 is 2.38 bits per heavy atom. The summed E-state index contributed by atoms with van der Waals surface area (Å²) in [5.74, 6) is -1.18. The van der Waals surface area contributed by atoms with Crippen molar-refractivity contribution in [3.8, 4) is 29.0 Å². The van der Waals surface area contributed by atoms with E-state index in [-0.39, 0.29) is 28.8 Å². The van der Waals surface area contributed by atoms with Crippen LogP contribution in [0.15, 0.2) is 42.9 Å². The van der Waals surface area contributed by atoms with Gasteiger partial charge >= 0.3 is 5.97 Å². The first-order valence-corrected chi connectivity index (χ1v) is 8.47. The second-order valence-electron chi connectivity index (χ2n) is 5.73. The molecule has 0 aromatic carbocycles. The van der Waals surface area contributed by atoms with Crippen LogP contribution in [0.25, 0.3) is 11.1 Å². The molecule has 0 aliphatic rings. The van der Waals surface area contributed by atoms with Crippen LogP contribution in [0.5, 0.6) is 11.8 Å². The van der Waals surface area contributed by atoms with Gasteiger partial charge < -0.3 is 14.2 Å². The summed E-state index contributed by atoms with van der Waals surface area (Å²) >= 11 is 0. The van der Waals surface area contributed by atoms with Gasteiger partial charge in [0.25, 0.3) is 0 Å². The van der Waals surface area contributed by atoms with Crippen LogP contribution in [0.3, 0.4) is 0 Å². The van der Waals surface area contributed by atoms with E-state index < -0.39 is 11.9 Å². The monoisotopic (exact) mass is 391 g/mol. The first-order chi connectivity index (χ1) is 14.1. The molecule has 1 unspecified atom stereocenters. The van der Waals surface area contributed by atoms with Crippen LogP contribution < -0.4 is 9.47 Å². The molecule has 0 aliphatic heterocycles. The highest BCUT2D eigenvalue weighted by atomic mass is 16.5. The summed E-state index contributed by atoms with van der Waals surface area (Å²) in [6, 6.07) is 8.80. The zero-order valence-electron chi connectivity index (χ0n) is 16.0. The second-order valence-corrected chi connectivity index (χ2v) is 5.73. The molecule has 3 aromatic rings. The number of carbonyl (C=O) groups excluding carboxylic acids is 1. The summed E-state index contributed by atoms with van der Waals surface area (Å²) in [5, 5.41) is 9.88. The molecule has 0 aliphatic carbocycles. The fourth-order valence-electron chi connectivity index (χ4n) is 2.78. The van der Waals surface area contributed by atoms with E-state index in [9.17, 15) is 10.1 Å². The van der Waals surface area contributed by atoms with E-state index in [4.69, 9.17) is 14.2 Å². The van der Waals surface area contributed by atoms with Crippen molar-refractivity contribution in [1.29, 1.82) is 5.26 Å². The summed E-state index contributed by atoms with van der Waals surface area (Å²) in [5.41, 5.74) is 1.51. The summed E-state index contributed by atoms with van der Waals surface area (Å²) in [4.78, 5) is 29.5. The first kappa shape index (κ1) is 19.7. The number of hydrogen-bond donors (Lipinski definition) is 0. The van der Waals surface area contributed by atoms with Crippen molar-refractivity contribution in [3.05, 3.63) is 59.9 Å². The predicted octanol–water partition coefficient (Wildman–Crippen LogP) is 2.39. The minimum atomic E-state index is -1.07. The number of carbonyl (C=O) groups is 1. The van der Waals surface area contributed by atoms with E-state index >= 15 is 0 Å². The first-order valence-electron chi connectivity index (χ1n) is 8.47. The van der Waals surface area contributed by atoms with Crippen molar-refractivity contribution in [2.45, 2.75) is 5.92 Å². The van der Waals surface area contributed by atoms with Crippen molar-refractivity contribution in [2.75, 3.05) is 21.3 Å². The van der Waals surface area contributed by atoms with Crippen molar-refractivity contribution in [2.24, 2.45) is 0 Å². The van der Waals surface area contributed by atoms with Crippen molar-refractivity contribution in [1.82, 2.24) is 19.9 Å². The summed E-state index contributed by atoms with van der Waals surface area (Å²) in [6.45, 7) is 0. The number of pyridine rings is 2. The fraction of sp³-hybridized carbons (Fsp3) is 0.200. The lowest BCUT2D eigenvalue weighted by Gasteiger charge is -2.16. The van der Waals surface area contributed by atoms with Crippen molar-refractivity contribution >= 4 is 5.97 Å². The molecule has 3 heterocycles. The lowest BCUT2D eigenvalue weighted by atomic mass is 9.94.